The largest absolute Gasteiger partial charge is 0.273 e. The van der Waals surface area contributed by atoms with Crippen molar-refractivity contribution in [2.45, 2.75) is 19.8 Å². The summed E-state index contributed by atoms with van der Waals surface area (Å²) in [6.07, 6.45) is 2.18. The number of anilines is 1. The Kier molecular flexibility index (Phi) is 2.50. The average molecular weight is 177 g/mol. The molecular weight excluding hydrogens is 162 g/mol. The highest BCUT2D eigenvalue weighted by atomic mass is 16.7. The minimum Gasteiger partial charge on any atom is -0.273 e. The van der Waals surface area contributed by atoms with Gasteiger partial charge in [0.2, 0.25) is 0 Å². The molecule has 0 fully saturated rings. The molecule has 0 amide bonds. The van der Waals surface area contributed by atoms with Crippen LogP contribution in [0.15, 0.2) is 24.3 Å². The van der Waals surface area contributed by atoms with Crippen LogP contribution in [0.1, 0.15) is 18.9 Å². The first kappa shape index (κ1) is 8.57. The van der Waals surface area contributed by atoms with Gasteiger partial charge in [-0.2, -0.15) is 0 Å². The smallest absolute Gasteiger partial charge is 0.0746 e. The maximum absolute atomic E-state index is 5.61. The van der Waals surface area contributed by atoms with Gasteiger partial charge in [-0.3, -0.25) is 9.90 Å². The van der Waals surface area contributed by atoms with Gasteiger partial charge in [0.15, 0.2) is 0 Å². The molecule has 1 aliphatic rings. The van der Waals surface area contributed by atoms with Gasteiger partial charge in [-0.15, -0.1) is 0 Å². The SMILES string of the molecule is CCCON1CCc2ccccc21. The number of para-hydroxylation sites is 1. The summed E-state index contributed by atoms with van der Waals surface area (Å²) in [6.45, 7) is 3.94. The predicted molar refractivity (Wildman–Crippen MR) is 53.7 cm³/mol. The van der Waals surface area contributed by atoms with Crippen LogP contribution < -0.4 is 5.06 Å². The second-order valence-corrected chi connectivity index (χ2v) is 3.31. The third-order valence-corrected chi connectivity index (χ3v) is 2.30. The molecule has 0 bridgehead atoms. The minimum atomic E-state index is 0.814. The first-order valence-electron chi connectivity index (χ1n) is 4.90. The van der Waals surface area contributed by atoms with Crippen molar-refractivity contribution in [1.82, 2.24) is 0 Å². The highest BCUT2D eigenvalue weighted by Gasteiger charge is 2.18. The lowest BCUT2D eigenvalue weighted by Crippen LogP contribution is -2.21. The Hall–Kier alpha value is -1.02. The monoisotopic (exact) mass is 177 g/mol. The van der Waals surface area contributed by atoms with Crippen LogP contribution in [0.25, 0.3) is 0 Å². The normalized spacial score (nSPS) is 14.7. The number of hydrogen-bond donors (Lipinski definition) is 0. The number of rotatable bonds is 3. The molecule has 1 aliphatic heterocycles. The van der Waals surface area contributed by atoms with Crippen LogP contribution in [0.5, 0.6) is 0 Å². The number of benzene rings is 1. The molecular formula is C11H15NO. The topological polar surface area (TPSA) is 12.5 Å². The second-order valence-electron chi connectivity index (χ2n) is 3.31. The lowest BCUT2D eigenvalue weighted by atomic mass is 10.2. The van der Waals surface area contributed by atoms with Crippen molar-refractivity contribution in [2.24, 2.45) is 0 Å². The summed E-state index contributed by atoms with van der Waals surface area (Å²) in [5.41, 5.74) is 2.65. The summed E-state index contributed by atoms with van der Waals surface area (Å²) in [6, 6.07) is 8.44. The fraction of sp³-hybridized carbons (Fsp3) is 0.455. The Labute approximate surface area is 79.1 Å². The van der Waals surface area contributed by atoms with Crippen LogP contribution in [-0.4, -0.2) is 13.2 Å². The first-order chi connectivity index (χ1) is 6.42. The Balaban J connectivity index is 2.09. The molecule has 0 aliphatic carbocycles. The van der Waals surface area contributed by atoms with E-state index in [2.05, 4.69) is 31.2 Å². The number of nitrogens with zero attached hydrogens (tertiary/aromatic N) is 1. The van der Waals surface area contributed by atoms with Crippen molar-refractivity contribution in [1.29, 1.82) is 0 Å². The fourth-order valence-corrected chi connectivity index (χ4v) is 1.64. The average Bonchev–Trinajstić information content (AvgIpc) is 2.58. The Bertz CT molecular complexity index is 285. The minimum absolute atomic E-state index is 0.814. The quantitative estimate of drug-likeness (QED) is 0.703. The number of hydroxylamine groups is 1. The van der Waals surface area contributed by atoms with E-state index in [0.717, 1.165) is 26.0 Å². The molecule has 2 rings (SSSR count). The molecule has 0 unspecified atom stereocenters. The van der Waals surface area contributed by atoms with Crippen LogP contribution >= 0.6 is 0 Å². The summed E-state index contributed by atoms with van der Waals surface area (Å²) in [4.78, 5) is 5.61. The zero-order valence-corrected chi connectivity index (χ0v) is 7.99. The first-order valence-corrected chi connectivity index (χ1v) is 4.90. The molecule has 2 heteroatoms. The number of hydrogen-bond acceptors (Lipinski definition) is 2. The van der Waals surface area contributed by atoms with Gasteiger partial charge in [0.1, 0.15) is 0 Å². The zero-order chi connectivity index (χ0) is 9.10. The van der Waals surface area contributed by atoms with E-state index in [-0.39, 0.29) is 0 Å². The molecule has 0 atom stereocenters. The molecule has 0 saturated heterocycles. The van der Waals surface area contributed by atoms with Gasteiger partial charge in [-0.1, -0.05) is 25.1 Å². The van der Waals surface area contributed by atoms with Gasteiger partial charge in [0, 0.05) is 6.54 Å². The van der Waals surface area contributed by atoms with E-state index >= 15 is 0 Å². The van der Waals surface area contributed by atoms with Crippen molar-refractivity contribution in [3.63, 3.8) is 0 Å². The van der Waals surface area contributed by atoms with Crippen LogP contribution in [0, 0.1) is 0 Å². The van der Waals surface area contributed by atoms with Crippen molar-refractivity contribution in [3.8, 4) is 0 Å². The van der Waals surface area contributed by atoms with Gasteiger partial charge in [0.05, 0.1) is 12.3 Å². The highest BCUT2D eigenvalue weighted by Crippen LogP contribution is 2.27. The van der Waals surface area contributed by atoms with E-state index in [1.54, 1.807) is 0 Å². The Morgan fingerprint density at radius 3 is 3.08 bits per heavy atom. The maximum atomic E-state index is 5.61. The molecule has 13 heavy (non-hydrogen) atoms. The van der Waals surface area contributed by atoms with E-state index in [1.807, 2.05) is 5.06 Å². The van der Waals surface area contributed by atoms with Crippen LogP contribution in [-0.2, 0) is 11.3 Å². The van der Waals surface area contributed by atoms with Crippen LogP contribution in [0.3, 0.4) is 0 Å². The summed E-state index contributed by atoms with van der Waals surface area (Å²) >= 11 is 0. The van der Waals surface area contributed by atoms with Gasteiger partial charge < -0.3 is 0 Å². The second kappa shape index (κ2) is 3.79. The van der Waals surface area contributed by atoms with E-state index < -0.39 is 0 Å². The van der Waals surface area contributed by atoms with Gasteiger partial charge in [-0.25, -0.2) is 0 Å². The van der Waals surface area contributed by atoms with Crippen molar-refractivity contribution in [3.05, 3.63) is 29.8 Å². The number of fused-ring (bicyclic) bond motifs is 1. The maximum Gasteiger partial charge on any atom is 0.0746 e. The molecule has 0 radical (unpaired) electrons. The molecule has 70 valence electrons. The molecule has 1 heterocycles. The molecule has 1 aromatic carbocycles. The van der Waals surface area contributed by atoms with Gasteiger partial charge in [-0.05, 0) is 24.5 Å². The highest BCUT2D eigenvalue weighted by molar-refractivity contribution is 5.55. The molecule has 2 nitrogen and oxygen atoms in total. The molecule has 1 aromatic rings. The lowest BCUT2D eigenvalue weighted by Gasteiger charge is -2.17. The molecule has 0 spiro atoms. The van der Waals surface area contributed by atoms with E-state index in [9.17, 15) is 0 Å². The van der Waals surface area contributed by atoms with Crippen LogP contribution in [0.2, 0.25) is 0 Å². The standard InChI is InChI=1S/C11H15NO/c1-2-9-13-12-8-7-10-5-3-4-6-11(10)12/h3-6H,2,7-9H2,1H3. The van der Waals surface area contributed by atoms with Crippen molar-refractivity contribution in [2.75, 3.05) is 18.2 Å². The summed E-state index contributed by atoms with van der Waals surface area (Å²) in [5.74, 6) is 0. The fourth-order valence-electron chi connectivity index (χ4n) is 1.64. The van der Waals surface area contributed by atoms with E-state index in [0.29, 0.717) is 0 Å². The van der Waals surface area contributed by atoms with Gasteiger partial charge in [0.25, 0.3) is 0 Å². The Morgan fingerprint density at radius 1 is 1.38 bits per heavy atom. The third kappa shape index (κ3) is 1.68. The summed E-state index contributed by atoms with van der Waals surface area (Å²) in [5, 5.41) is 2.01. The van der Waals surface area contributed by atoms with E-state index in [1.165, 1.54) is 11.3 Å². The molecule has 0 N–H and O–H groups in total. The lowest BCUT2D eigenvalue weighted by molar-refractivity contribution is 0.114. The summed E-state index contributed by atoms with van der Waals surface area (Å²) < 4.78 is 0. The predicted octanol–water partition coefficient (Wildman–Crippen LogP) is 2.39. The van der Waals surface area contributed by atoms with Gasteiger partial charge >= 0.3 is 0 Å². The van der Waals surface area contributed by atoms with Crippen molar-refractivity contribution < 1.29 is 4.84 Å². The third-order valence-electron chi connectivity index (χ3n) is 2.30. The Morgan fingerprint density at radius 2 is 2.23 bits per heavy atom. The summed E-state index contributed by atoms with van der Waals surface area (Å²) in [7, 11) is 0. The zero-order valence-electron chi connectivity index (χ0n) is 7.99. The molecule has 0 saturated carbocycles. The van der Waals surface area contributed by atoms with E-state index in [4.69, 9.17) is 4.84 Å². The van der Waals surface area contributed by atoms with Crippen LogP contribution in [0.4, 0.5) is 5.69 Å². The van der Waals surface area contributed by atoms with Crippen molar-refractivity contribution >= 4 is 5.69 Å². The molecule has 0 aromatic heterocycles.